The van der Waals surface area contributed by atoms with Gasteiger partial charge in [0.15, 0.2) is 5.03 Å². The minimum Gasteiger partial charge on any atom is -0.469 e. The second kappa shape index (κ2) is 13.0. The van der Waals surface area contributed by atoms with Crippen LogP contribution in [0.25, 0.3) is 17.3 Å². The van der Waals surface area contributed by atoms with E-state index in [-0.39, 0.29) is 16.8 Å². The van der Waals surface area contributed by atoms with E-state index in [9.17, 15) is 13.2 Å². The number of hydrogen-bond donors (Lipinski definition) is 1. The van der Waals surface area contributed by atoms with Gasteiger partial charge in [0.1, 0.15) is 11.6 Å². The highest BCUT2D eigenvalue weighted by Gasteiger charge is 2.36. The number of hydrogen-bond acceptors (Lipinski definition) is 7. The Labute approximate surface area is 245 Å². The number of aromatic nitrogens is 2. The molecule has 212 valence electrons. The molecular formula is C30H35BrN4O4S. The molecule has 0 radical (unpaired) electrons. The van der Waals surface area contributed by atoms with Gasteiger partial charge in [0.05, 0.1) is 18.2 Å². The van der Waals surface area contributed by atoms with Crippen LogP contribution in [0.3, 0.4) is 0 Å². The zero-order valence-corrected chi connectivity index (χ0v) is 25.5. The average Bonchev–Trinajstić information content (AvgIpc) is 2.94. The molecule has 1 N–H and O–H groups in total. The molecule has 0 amide bonds. The van der Waals surface area contributed by atoms with Gasteiger partial charge in [-0.25, -0.2) is 9.97 Å². The highest BCUT2D eigenvalue weighted by Crippen LogP contribution is 2.33. The van der Waals surface area contributed by atoms with Gasteiger partial charge < -0.3 is 9.64 Å². The van der Waals surface area contributed by atoms with Crippen molar-refractivity contribution in [3.8, 4) is 11.3 Å². The summed E-state index contributed by atoms with van der Waals surface area (Å²) in [4.78, 5) is 24.0. The summed E-state index contributed by atoms with van der Waals surface area (Å²) in [5.41, 5.74) is 1.75. The Hall–Kier alpha value is -3.24. The Kier molecular flexibility index (Phi) is 9.63. The van der Waals surface area contributed by atoms with Crippen LogP contribution in [0.2, 0.25) is 0 Å². The third-order valence-corrected chi connectivity index (χ3v) is 8.87. The largest absolute Gasteiger partial charge is 0.469 e. The van der Waals surface area contributed by atoms with Gasteiger partial charge >= 0.3 is 5.97 Å². The number of esters is 1. The molecule has 0 saturated heterocycles. The van der Waals surface area contributed by atoms with Gasteiger partial charge in [0.2, 0.25) is 0 Å². The van der Waals surface area contributed by atoms with Crippen LogP contribution in [0, 0.1) is 5.41 Å². The maximum Gasteiger partial charge on any atom is 0.313 e. The van der Waals surface area contributed by atoms with E-state index in [2.05, 4.69) is 42.8 Å². The molecule has 1 aromatic carbocycles. The summed E-state index contributed by atoms with van der Waals surface area (Å²) in [5.74, 6) is 0.388. The lowest BCUT2D eigenvalue weighted by Crippen LogP contribution is -2.43. The van der Waals surface area contributed by atoms with Gasteiger partial charge in [-0.3, -0.25) is 9.52 Å². The molecular weight excluding hydrogens is 592 g/mol. The molecule has 2 aromatic heterocycles. The van der Waals surface area contributed by atoms with E-state index in [4.69, 9.17) is 4.74 Å². The van der Waals surface area contributed by atoms with E-state index in [1.165, 1.54) is 13.2 Å². The lowest BCUT2D eigenvalue weighted by Gasteiger charge is -2.34. The fourth-order valence-corrected chi connectivity index (χ4v) is 6.38. The topological polar surface area (TPSA) is 101 Å². The van der Waals surface area contributed by atoms with Crippen LogP contribution in [-0.4, -0.2) is 44.6 Å². The number of rotatable bonds is 5. The molecule has 0 spiro atoms. The zero-order chi connectivity index (χ0) is 28.8. The van der Waals surface area contributed by atoms with E-state index in [0.29, 0.717) is 31.0 Å². The van der Waals surface area contributed by atoms with Crippen molar-refractivity contribution in [3.05, 3.63) is 70.7 Å². The minimum absolute atomic E-state index is 0.122. The van der Waals surface area contributed by atoms with Crippen LogP contribution < -0.4 is 9.62 Å². The van der Waals surface area contributed by atoms with Crippen molar-refractivity contribution in [2.45, 2.75) is 51.0 Å². The number of ether oxygens (including phenoxy) is 1. The highest BCUT2D eigenvalue weighted by molar-refractivity contribution is 9.10. The van der Waals surface area contributed by atoms with Crippen LogP contribution in [0.5, 0.6) is 0 Å². The fourth-order valence-electron chi connectivity index (χ4n) is 4.98. The van der Waals surface area contributed by atoms with Crippen LogP contribution >= 0.6 is 15.9 Å². The summed E-state index contributed by atoms with van der Waals surface area (Å²) in [6.07, 6.45) is 8.28. The van der Waals surface area contributed by atoms with Gasteiger partial charge in [0.25, 0.3) is 10.0 Å². The van der Waals surface area contributed by atoms with Crippen molar-refractivity contribution in [2.75, 3.05) is 29.8 Å². The van der Waals surface area contributed by atoms with Crippen LogP contribution in [0.1, 0.15) is 51.5 Å². The third kappa shape index (κ3) is 6.90. The number of anilines is 2. The Morgan fingerprint density at radius 1 is 1.10 bits per heavy atom. The van der Waals surface area contributed by atoms with E-state index in [1.807, 2.05) is 43.0 Å². The lowest BCUT2D eigenvalue weighted by molar-refractivity contribution is -0.151. The number of carbonyl (C=O) groups excluding carboxylic acids is 1. The Balaban J connectivity index is 1.78. The first-order valence-corrected chi connectivity index (χ1v) is 15.7. The maximum absolute atomic E-state index is 13.5. The standard InChI is InChI=1S/C30H35BrN4O4S/c1-4-19-30(2,29(36)39-3)21-35-20-10-6-5-7-12-22-13-8-9-14-23(22)28-24(31)17-18-25(32-28)34-40(37,38)27-16-11-15-26(35)33-27/h7-9,11-18H,4-6,10,19-21H2,1-3H3,(H,32,34)/b12-7-. The van der Waals surface area contributed by atoms with Crippen molar-refractivity contribution in [3.63, 3.8) is 0 Å². The molecule has 10 heteroatoms. The van der Waals surface area contributed by atoms with Crippen molar-refractivity contribution in [2.24, 2.45) is 5.41 Å². The number of allylic oxidation sites excluding steroid dienone is 1. The Morgan fingerprint density at radius 3 is 2.67 bits per heavy atom. The maximum atomic E-state index is 13.5. The second-order valence-corrected chi connectivity index (χ2v) is 12.7. The first-order valence-electron chi connectivity index (χ1n) is 13.4. The molecule has 3 aromatic rings. The summed E-state index contributed by atoms with van der Waals surface area (Å²) in [6, 6.07) is 16.2. The summed E-state index contributed by atoms with van der Waals surface area (Å²) >= 11 is 3.58. The number of benzene rings is 1. The smallest absolute Gasteiger partial charge is 0.313 e. The number of methoxy groups -OCH3 is 1. The van der Waals surface area contributed by atoms with Gasteiger partial charge in [-0.15, -0.1) is 0 Å². The molecule has 1 aliphatic rings. The lowest BCUT2D eigenvalue weighted by atomic mass is 9.85. The molecule has 0 fully saturated rings. The van der Waals surface area contributed by atoms with Gasteiger partial charge in [-0.05, 0) is 78.4 Å². The van der Waals surface area contributed by atoms with Crippen molar-refractivity contribution >= 4 is 49.6 Å². The molecule has 1 unspecified atom stereocenters. The Bertz CT molecular complexity index is 1490. The molecule has 8 nitrogen and oxygen atoms in total. The number of halogens is 1. The molecule has 4 rings (SSSR count). The van der Waals surface area contributed by atoms with E-state index < -0.39 is 15.4 Å². The number of pyridine rings is 2. The van der Waals surface area contributed by atoms with Crippen LogP contribution in [-0.2, 0) is 19.6 Å². The molecule has 1 atom stereocenters. The van der Waals surface area contributed by atoms with Crippen molar-refractivity contribution in [1.82, 2.24) is 9.97 Å². The van der Waals surface area contributed by atoms with Crippen LogP contribution in [0.4, 0.5) is 11.6 Å². The molecule has 3 heterocycles. The minimum atomic E-state index is -4.05. The molecule has 4 bridgehead atoms. The van der Waals surface area contributed by atoms with E-state index in [0.717, 1.165) is 41.3 Å². The summed E-state index contributed by atoms with van der Waals surface area (Å²) in [6.45, 7) is 4.89. The van der Waals surface area contributed by atoms with E-state index in [1.54, 1.807) is 24.3 Å². The van der Waals surface area contributed by atoms with E-state index >= 15 is 0 Å². The second-order valence-electron chi connectivity index (χ2n) is 10.2. The Morgan fingerprint density at radius 2 is 1.90 bits per heavy atom. The third-order valence-electron chi connectivity index (χ3n) is 6.98. The molecule has 0 aliphatic carbocycles. The summed E-state index contributed by atoms with van der Waals surface area (Å²) < 4.78 is 35.4. The predicted molar refractivity (Wildman–Crippen MR) is 163 cm³/mol. The molecule has 1 aliphatic heterocycles. The number of nitrogens with zero attached hydrogens (tertiary/aromatic N) is 3. The monoisotopic (exact) mass is 626 g/mol. The van der Waals surface area contributed by atoms with Gasteiger partial charge in [0, 0.05) is 23.1 Å². The molecule has 40 heavy (non-hydrogen) atoms. The fraction of sp³-hybridized carbons (Fsp3) is 0.367. The normalized spacial score (nSPS) is 17.4. The van der Waals surface area contributed by atoms with Crippen molar-refractivity contribution in [1.29, 1.82) is 0 Å². The molecule has 0 saturated carbocycles. The number of nitrogens with one attached hydrogen (secondary N) is 1. The van der Waals surface area contributed by atoms with Crippen molar-refractivity contribution < 1.29 is 17.9 Å². The summed E-state index contributed by atoms with van der Waals surface area (Å²) in [5, 5.41) is -0.122. The first kappa shape index (κ1) is 29.7. The quantitative estimate of drug-likeness (QED) is 0.315. The van der Waals surface area contributed by atoms with Gasteiger partial charge in [-0.1, -0.05) is 55.8 Å². The predicted octanol–water partition coefficient (Wildman–Crippen LogP) is 6.69. The highest BCUT2D eigenvalue weighted by atomic mass is 79.9. The average molecular weight is 628 g/mol. The zero-order valence-electron chi connectivity index (χ0n) is 23.1. The van der Waals surface area contributed by atoms with Gasteiger partial charge in [-0.2, -0.15) is 8.42 Å². The number of carbonyl (C=O) groups is 1. The van der Waals surface area contributed by atoms with Crippen LogP contribution in [0.15, 0.2) is 70.2 Å². The SMILES string of the molecule is CCCC(C)(CN1CCCC/C=C\c2ccccc2-c2nc(ccc2Br)NS(=O)(=O)c2cccc1n2)C(=O)OC. The number of fused-ring (bicyclic) bond motifs is 6. The first-order chi connectivity index (χ1) is 19.2. The summed E-state index contributed by atoms with van der Waals surface area (Å²) in [7, 11) is -2.65. The number of sulfonamides is 1.